The zero-order valence-corrected chi connectivity index (χ0v) is 10.8. The van der Waals surface area contributed by atoms with Crippen LogP contribution in [0, 0.1) is 6.92 Å². The molecule has 0 amide bonds. The molecule has 4 N–H and O–H groups in total. The number of hydrogen-bond donors (Lipinski definition) is 3. The van der Waals surface area contributed by atoms with Gasteiger partial charge in [0.1, 0.15) is 5.03 Å². The van der Waals surface area contributed by atoms with Gasteiger partial charge in [-0.25, -0.2) is 25.7 Å². The van der Waals surface area contributed by atoms with Gasteiger partial charge < -0.3 is 0 Å². The first kappa shape index (κ1) is 12.6. The van der Waals surface area contributed by atoms with Crippen molar-refractivity contribution in [3.05, 3.63) is 22.2 Å². The number of aromatic nitrogens is 5. The van der Waals surface area contributed by atoms with Gasteiger partial charge in [0.05, 0.1) is 0 Å². The fraction of sp³-hybridized carbons (Fsp3) is 0.333. The summed E-state index contributed by atoms with van der Waals surface area (Å²) >= 11 is 1.29. The van der Waals surface area contributed by atoms with Gasteiger partial charge >= 0.3 is 5.69 Å². The number of H-pyrrole nitrogens is 1. The van der Waals surface area contributed by atoms with E-state index in [9.17, 15) is 4.79 Å². The molecule has 2 aromatic rings. The second-order valence-corrected chi connectivity index (χ2v) is 4.44. The first-order valence-electron chi connectivity index (χ1n) is 5.29. The van der Waals surface area contributed by atoms with E-state index in [0.29, 0.717) is 22.7 Å². The zero-order valence-electron chi connectivity index (χ0n) is 9.97. The van der Waals surface area contributed by atoms with E-state index in [-0.39, 0.29) is 5.69 Å². The molecule has 9 heteroatoms. The first-order valence-corrected chi connectivity index (χ1v) is 6.10. The summed E-state index contributed by atoms with van der Waals surface area (Å²) in [5.41, 5.74) is 3.04. The summed E-state index contributed by atoms with van der Waals surface area (Å²) in [4.78, 5) is 19.6. The Morgan fingerprint density at radius 1 is 1.61 bits per heavy atom. The van der Waals surface area contributed by atoms with Crippen LogP contribution in [0.15, 0.2) is 21.2 Å². The Bertz CT molecular complexity index is 605. The fourth-order valence-electron chi connectivity index (χ4n) is 1.35. The minimum atomic E-state index is -0.233. The van der Waals surface area contributed by atoms with Crippen molar-refractivity contribution in [2.45, 2.75) is 30.6 Å². The fourth-order valence-corrected chi connectivity index (χ4v) is 2.28. The normalized spacial score (nSPS) is 10.6. The molecule has 0 spiro atoms. The molecule has 18 heavy (non-hydrogen) atoms. The van der Waals surface area contributed by atoms with Crippen molar-refractivity contribution in [2.75, 3.05) is 5.43 Å². The molecular formula is C9H13N7OS. The Hall–Kier alpha value is -1.87. The van der Waals surface area contributed by atoms with Crippen molar-refractivity contribution in [2.24, 2.45) is 5.84 Å². The number of aromatic amines is 1. The second-order valence-electron chi connectivity index (χ2n) is 3.48. The maximum Gasteiger partial charge on any atom is 0.343 e. The second kappa shape index (κ2) is 5.19. The van der Waals surface area contributed by atoms with Gasteiger partial charge in [0, 0.05) is 18.3 Å². The molecule has 0 saturated carbocycles. The predicted molar refractivity (Wildman–Crippen MR) is 67.2 cm³/mol. The van der Waals surface area contributed by atoms with E-state index in [2.05, 4.69) is 25.6 Å². The van der Waals surface area contributed by atoms with Crippen LogP contribution in [-0.2, 0) is 6.54 Å². The number of hydrogen-bond acceptors (Lipinski definition) is 7. The molecule has 2 heterocycles. The van der Waals surface area contributed by atoms with Gasteiger partial charge in [-0.1, -0.05) is 0 Å². The highest BCUT2D eigenvalue weighted by molar-refractivity contribution is 7.99. The summed E-state index contributed by atoms with van der Waals surface area (Å²) < 4.78 is 1.53. The topological polar surface area (TPSA) is 115 Å². The molecule has 0 aliphatic heterocycles. The number of nitrogens with one attached hydrogen (secondary N) is 2. The van der Waals surface area contributed by atoms with Crippen LogP contribution < -0.4 is 17.0 Å². The molecular weight excluding hydrogens is 254 g/mol. The van der Waals surface area contributed by atoms with Crippen LogP contribution in [0.3, 0.4) is 0 Å². The largest absolute Gasteiger partial charge is 0.343 e. The van der Waals surface area contributed by atoms with Crippen LogP contribution >= 0.6 is 11.8 Å². The number of aryl methyl sites for hydroxylation is 1. The minimum absolute atomic E-state index is 0.233. The van der Waals surface area contributed by atoms with Gasteiger partial charge in [-0.05, 0) is 25.6 Å². The lowest BCUT2D eigenvalue weighted by molar-refractivity contribution is 0.660. The van der Waals surface area contributed by atoms with E-state index in [1.807, 2.05) is 13.8 Å². The molecule has 0 radical (unpaired) electrons. The van der Waals surface area contributed by atoms with Crippen molar-refractivity contribution in [3.8, 4) is 0 Å². The van der Waals surface area contributed by atoms with Crippen molar-refractivity contribution >= 4 is 17.7 Å². The Morgan fingerprint density at radius 3 is 3.06 bits per heavy atom. The molecule has 0 aliphatic rings. The molecule has 8 nitrogen and oxygen atoms in total. The molecule has 0 fully saturated rings. The van der Waals surface area contributed by atoms with Crippen molar-refractivity contribution < 1.29 is 0 Å². The van der Waals surface area contributed by atoms with E-state index in [4.69, 9.17) is 5.84 Å². The maximum absolute atomic E-state index is 11.4. The van der Waals surface area contributed by atoms with Crippen LogP contribution in [0.2, 0.25) is 0 Å². The highest BCUT2D eigenvalue weighted by Crippen LogP contribution is 2.26. The average molecular weight is 267 g/mol. The summed E-state index contributed by atoms with van der Waals surface area (Å²) in [5.74, 6) is 5.58. The van der Waals surface area contributed by atoms with Crippen molar-refractivity contribution in [1.29, 1.82) is 0 Å². The third-order valence-electron chi connectivity index (χ3n) is 2.28. The summed E-state index contributed by atoms with van der Waals surface area (Å²) in [6, 6.07) is 0. The van der Waals surface area contributed by atoms with E-state index in [1.165, 1.54) is 16.3 Å². The highest BCUT2D eigenvalue weighted by atomic mass is 32.2. The molecule has 2 rings (SSSR count). The summed E-state index contributed by atoms with van der Waals surface area (Å²) in [5, 5.41) is 7.63. The van der Waals surface area contributed by atoms with Gasteiger partial charge in [-0.15, -0.1) is 5.10 Å². The van der Waals surface area contributed by atoms with E-state index in [0.717, 1.165) is 5.56 Å². The van der Waals surface area contributed by atoms with Gasteiger partial charge in [-0.3, -0.25) is 9.99 Å². The lowest BCUT2D eigenvalue weighted by atomic mass is 10.4. The highest BCUT2D eigenvalue weighted by Gasteiger charge is 2.12. The molecule has 0 aliphatic carbocycles. The van der Waals surface area contributed by atoms with E-state index in [1.54, 1.807) is 6.20 Å². The van der Waals surface area contributed by atoms with Gasteiger partial charge in [-0.2, -0.15) is 0 Å². The number of nitrogen functional groups attached to an aromatic ring is 1. The molecule has 0 unspecified atom stereocenters. The summed E-state index contributed by atoms with van der Waals surface area (Å²) in [7, 11) is 0. The van der Waals surface area contributed by atoms with Gasteiger partial charge in [0.2, 0.25) is 5.95 Å². The quantitative estimate of drug-likeness (QED) is 0.409. The number of rotatable bonds is 4. The van der Waals surface area contributed by atoms with Crippen LogP contribution in [0.5, 0.6) is 0 Å². The lowest BCUT2D eigenvalue weighted by Gasteiger charge is -2.06. The van der Waals surface area contributed by atoms with Crippen molar-refractivity contribution in [3.63, 3.8) is 0 Å². The molecule has 2 aromatic heterocycles. The Balaban J connectivity index is 2.36. The number of anilines is 1. The molecule has 96 valence electrons. The standard InChI is InChI=1S/C9H13N7OS/c1-3-16-8(17)14-15-9(16)18-6-5(2)4-11-7(12-6)13-10/h4H,3,10H2,1-2H3,(H,14,17)(H,11,12,13). The minimum Gasteiger partial charge on any atom is -0.292 e. The van der Waals surface area contributed by atoms with E-state index < -0.39 is 0 Å². The third-order valence-corrected chi connectivity index (χ3v) is 3.38. The molecule has 0 atom stereocenters. The van der Waals surface area contributed by atoms with Crippen LogP contribution in [0.4, 0.5) is 5.95 Å². The number of nitrogens with zero attached hydrogens (tertiary/aromatic N) is 4. The van der Waals surface area contributed by atoms with E-state index >= 15 is 0 Å². The number of hydrazine groups is 1. The molecule has 0 saturated heterocycles. The lowest BCUT2D eigenvalue weighted by Crippen LogP contribution is -2.16. The Labute approximate surface area is 107 Å². The van der Waals surface area contributed by atoms with Gasteiger partial charge in [0.15, 0.2) is 5.16 Å². The van der Waals surface area contributed by atoms with Crippen molar-refractivity contribution in [1.82, 2.24) is 24.7 Å². The monoisotopic (exact) mass is 267 g/mol. The average Bonchev–Trinajstić information content (AvgIpc) is 2.72. The first-order chi connectivity index (χ1) is 8.65. The van der Waals surface area contributed by atoms with Gasteiger partial charge in [0.25, 0.3) is 0 Å². The number of nitrogens with two attached hydrogens (primary N) is 1. The van der Waals surface area contributed by atoms with Crippen LogP contribution in [-0.4, -0.2) is 24.7 Å². The molecule has 0 aromatic carbocycles. The SMILES string of the molecule is CCn1c(Sc2nc(NN)ncc2C)n[nH]c1=O. The Morgan fingerprint density at radius 2 is 2.39 bits per heavy atom. The Kier molecular flexibility index (Phi) is 3.63. The van der Waals surface area contributed by atoms with Crippen LogP contribution in [0.25, 0.3) is 0 Å². The molecule has 0 bridgehead atoms. The maximum atomic E-state index is 11.4. The summed E-state index contributed by atoms with van der Waals surface area (Å²) in [6.07, 6.45) is 1.66. The summed E-state index contributed by atoms with van der Waals surface area (Å²) in [6.45, 7) is 4.30. The van der Waals surface area contributed by atoms with Crippen LogP contribution in [0.1, 0.15) is 12.5 Å². The predicted octanol–water partition coefficient (Wildman–Crippen LogP) is 0.127. The smallest absolute Gasteiger partial charge is 0.292 e. The zero-order chi connectivity index (χ0) is 13.1. The third kappa shape index (κ3) is 2.36.